The van der Waals surface area contributed by atoms with Crippen molar-refractivity contribution in [2.24, 2.45) is 0 Å². The lowest BCUT2D eigenvalue weighted by Gasteiger charge is -2.42. The number of aliphatic hydroxyl groups is 6. The summed E-state index contributed by atoms with van der Waals surface area (Å²) in [5.41, 5.74) is -2.22. The first-order chi connectivity index (χ1) is 19.0. The number of aliphatic hydroxyl groups excluding tert-OH is 5. The van der Waals surface area contributed by atoms with E-state index in [-0.39, 0.29) is 28.2 Å². The summed E-state index contributed by atoms with van der Waals surface area (Å²) in [7, 11) is 0. The van der Waals surface area contributed by atoms with E-state index in [1.165, 1.54) is 36.4 Å². The van der Waals surface area contributed by atoms with E-state index in [1.54, 1.807) is 0 Å². The fourth-order valence-electron chi connectivity index (χ4n) is 4.57. The van der Waals surface area contributed by atoms with Crippen LogP contribution >= 0.6 is 0 Å². The van der Waals surface area contributed by atoms with Crippen LogP contribution in [0.1, 0.15) is 0 Å². The van der Waals surface area contributed by atoms with Crippen molar-refractivity contribution in [3.8, 4) is 28.6 Å². The van der Waals surface area contributed by atoms with E-state index in [2.05, 4.69) is 0 Å². The standard InChI is InChI=1S/C26H28O14/c27-8-18-20(32)21(33)22(40-25-23(34)26(35,9-28)10-36-25)24(39-18)37-13-5-14(30)19-15(31)7-16(38-17(19)6-13)11-1-3-12(29)4-2-11/h1-7,18,20-25,27-30,32-35H,8-10H2/t18-,20-,21+,22-,23+,24-,25+,26-/m1/s1. The Morgan fingerprint density at radius 2 is 1.70 bits per heavy atom. The summed E-state index contributed by atoms with van der Waals surface area (Å²) < 4.78 is 28.0. The van der Waals surface area contributed by atoms with Crippen molar-refractivity contribution in [1.82, 2.24) is 0 Å². The molecule has 3 heterocycles. The first-order valence-corrected chi connectivity index (χ1v) is 12.2. The predicted molar refractivity (Wildman–Crippen MR) is 132 cm³/mol. The summed E-state index contributed by atoms with van der Waals surface area (Å²) >= 11 is 0. The zero-order valence-electron chi connectivity index (χ0n) is 20.7. The van der Waals surface area contributed by atoms with Gasteiger partial charge in [-0.1, -0.05) is 0 Å². The van der Waals surface area contributed by atoms with Crippen molar-refractivity contribution in [1.29, 1.82) is 0 Å². The van der Waals surface area contributed by atoms with E-state index in [1.807, 2.05) is 0 Å². The first-order valence-electron chi connectivity index (χ1n) is 12.2. The van der Waals surface area contributed by atoms with Crippen LogP contribution < -0.4 is 10.2 Å². The van der Waals surface area contributed by atoms with Crippen molar-refractivity contribution in [2.75, 3.05) is 19.8 Å². The molecule has 3 aromatic rings. The van der Waals surface area contributed by atoms with E-state index in [0.717, 1.165) is 6.07 Å². The maximum atomic E-state index is 12.8. The number of hydrogen-bond acceptors (Lipinski definition) is 14. The normalized spacial score (nSPS) is 32.4. The quantitative estimate of drug-likeness (QED) is 0.164. The molecule has 0 radical (unpaired) electrons. The molecule has 14 heteroatoms. The van der Waals surface area contributed by atoms with Gasteiger partial charge in [-0.25, -0.2) is 0 Å². The van der Waals surface area contributed by atoms with Crippen molar-refractivity contribution >= 4 is 11.0 Å². The molecule has 1 aromatic heterocycles. The molecule has 0 spiro atoms. The van der Waals surface area contributed by atoms with Crippen molar-refractivity contribution < 1.29 is 64.2 Å². The lowest BCUT2D eigenvalue weighted by Crippen LogP contribution is -2.62. The van der Waals surface area contributed by atoms with Gasteiger partial charge in [-0.2, -0.15) is 0 Å². The van der Waals surface area contributed by atoms with Gasteiger partial charge in [-0.05, 0) is 24.3 Å². The Balaban J connectivity index is 1.47. The second-order valence-electron chi connectivity index (χ2n) is 9.65. The van der Waals surface area contributed by atoms with Gasteiger partial charge in [0.05, 0.1) is 19.8 Å². The van der Waals surface area contributed by atoms with Crippen LogP contribution in [0, 0.1) is 0 Å². The first kappa shape index (κ1) is 28.2. The minimum Gasteiger partial charge on any atom is -0.508 e. The molecule has 0 aliphatic carbocycles. The molecule has 216 valence electrons. The minimum atomic E-state index is -2.04. The van der Waals surface area contributed by atoms with E-state index in [9.17, 15) is 45.6 Å². The third-order valence-corrected chi connectivity index (χ3v) is 6.88. The number of benzene rings is 2. The van der Waals surface area contributed by atoms with Crippen molar-refractivity contribution in [3.63, 3.8) is 0 Å². The summed E-state index contributed by atoms with van der Waals surface area (Å²) in [6.07, 6.45) is -11.2. The maximum Gasteiger partial charge on any atom is 0.229 e. The van der Waals surface area contributed by atoms with Crippen LogP contribution in [0.2, 0.25) is 0 Å². The molecule has 0 saturated carbocycles. The average Bonchev–Trinajstić information content (AvgIpc) is 3.21. The zero-order chi connectivity index (χ0) is 28.8. The molecule has 2 aliphatic heterocycles. The summed E-state index contributed by atoms with van der Waals surface area (Å²) in [5.74, 6) is -0.496. The van der Waals surface area contributed by atoms with Gasteiger partial charge in [0.15, 0.2) is 17.8 Å². The van der Waals surface area contributed by atoms with Gasteiger partial charge < -0.3 is 64.2 Å². The molecule has 14 nitrogen and oxygen atoms in total. The van der Waals surface area contributed by atoms with E-state index >= 15 is 0 Å². The average molecular weight is 564 g/mol. The number of aromatic hydroxyl groups is 2. The second-order valence-corrected chi connectivity index (χ2v) is 9.65. The van der Waals surface area contributed by atoms with E-state index in [0.29, 0.717) is 5.56 Å². The molecule has 2 aliphatic rings. The monoisotopic (exact) mass is 564 g/mol. The molecule has 0 amide bonds. The highest BCUT2D eigenvalue weighted by atomic mass is 16.8. The van der Waals surface area contributed by atoms with Gasteiger partial charge in [0.1, 0.15) is 64.0 Å². The number of hydrogen-bond donors (Lipinski definition) is 8. The van der Waals surface area contributed by atoms with Crippen LogP contribution in [0.5, 0.6) is 17.2 Å². The molecule has 8 N–H and O–H groups in total. The van der Waals surface area contributed by atoms with Gasteiger partial charge in [-0.3, -0.25) is 4.79 Å². The Morgan fingerprint density at radius 3 is 2.35 bits per heavy atom. The number of phenols is 2. The Morgan fingerprint density at radius 1 is 0.975 bits per heavy atom. The number of fused-ring (bicyclic) bond motifs is 1. The Bertz CT molecular complexity index is 1410. The third-order valence-electron chi connectivity index (χ3n) is 6.88. The maximum absolute atomic E-state index is 12.8. The third kappa shape index (κ3) is 5.12. The van der Waals surface area contributed by atoms with Crippen LogP contribution in [0.4, 0.5) is 0 Å². The number of phenolic OH excluding ortho intramolecular Hbond substituents is 2. The van der Waals surface area contributed by atoms with Crippen LogP contribution in [0.15, 0.2) is 51.7 Å². The lowest BCUT2D eigenvalue weighted by molar-refractivity contribution is -0.318. The Kier molecular flexibility index (Phi) is 7.71. The molecule has 0 bridgehead atoms. The van der Waals surface area contributed by atoms with Gasteiger partial charge in [-0.15, -0.1) is 0 Å². The minimum absolute atomic E-state index is 0.00882. The molecular formula is C26H28O14. The van der Waals surface area contributed by atoms with E-state index in [4.69, 9.17) is 23.4 Å². The van der Waals surface area contributed by atoms with Gasteiger partial charge in [0.2, 0.25) is 6.29 Å². The molecule has 40 heavy (non-hydrogen) atoms. The van der Waals surface area contributed by atoms with Crippen LogP contribution in [0.3, 0.4) is 0 Å². The highest BCUT2D eigenvalue weighted by molar-refractivity contribution is 5.86. The fourth-order valence-corrected chi connectivity index (χ4v) is 4.57. The molecule has 2 fully saturated rings. The second kappa shape index (κ2) is 10.9. The van der Waals surface area contributed by atoms with Gasteiger partial charge in [0.25, 0.3) is 0 Å². The molecule has 0 unspecified atom stereocenters. The summed E-state index contributed by atoms with van der Waals surface area (Å²) in [6, 6.07) is 9.37. The highest BCUT2D eigenvalue weighted by Crippen LogP contribution is 2.35. The van der Waals surface area contributed by atoms with Crippen molar-refractivity contribution in [3.05, 3.63) is 52.7 Å². The van der Waals surface area contributed by atoms with E-state index < -0.39 is 79.7 Å². The van der Waals surface area contributed by atoms with Crippen LogP contribution in [0.25, 0.3) is 22.3 Å². The van der Waals surface area contributed by atoms with Crippen LogP contribution in [-0.2, 0) is 14.2 Å². The molecule has 2 aromatic carbocycles. The topological polar surface area (TPSA) is 229 Å². The molecule has 5 rings (SSSR count). The van der Waals surface area contributed by atoms with Crippen molar-refractivity contribution in [2.45, 2.75) is 48.7 Å². The molecule has 2 saturated heterocycles. The van der Waals surface area contributed by atoms with Gasteiger partial charge in [0, 0.05) is 23.8 Å². The lowest BCUT2D eigenvalue weighted by atomic mass is 9.98. The van der Waals surface area contributed by atoms with Crippen LogP contribution in [-0.4, -0.2) is 109 Å². The van der Waals surface area contributed by atoms with Gasteiger partial charge >= 0.3 is 0 Å². The molecular weight excluding hydrogens is 536 g/mol. The SMILES string of the molecule is O=c1cc(-c2ccc(O)cc2)oc2cc(O[C@@H]3O[C@H](CO)[C@@H](O)[C@H](O)[C@H]3O[C@@H]3OC[C@](O)(CO)[C@H]3O)cc(O)c12. The Labute approximate surface area is 225 Å². The highest BCUT2D eigenvalue weighted by Gasteiger charge is 2.53. The largest absolute Gasteiger partial charge is 0.508 e. The smallest absolute Gasteiger partial charge is 0.229 e. The fraction of sp³-hybridized carbons (Fsp3) is 0.423. The molecule has 8 atom stereocenters. The summed E-state index contributed by atoms with van der Waals surface area (Å²) in [6.45, 7) is -2.06. The summed E-state index contributed by atoms with van der Waals surface area (Å²) in [5, 5.41) is 80.7. The summed E-state index contributed by atoms with van der Waals surface area (Å²) in [4.78, 5) is 12.8. The number of ether oxygens (including phenoxy) is 4. The number of rotatable bonds is 7. The zero-order valence-corrected chi connectivity index (χ0v) is 20.7. The Hall–Kier alpha value is -3.31. The predicted octanol–water partition coefficient (Wildman–Crippen LogP) is -1.49.